The highest BCUT2D eigenvalue weighted by Gasteiger charge is 2.25. The number of thiazole rings is 1. The van der Waals surface area contributed by atoms with Crippen LogP contribution in [0, 0.1) is 0 Å². The molecule has 4 aromatic rings. The Kier molecular flexibility index (Phi) is 7.44. The van der Waals surface area contributed by atoms with E-state index < -0.39 is 10.0 Å². The molecule has 0 bridgehead atoms. The maximum atomic E-state index is 13.7. The number of benzene rings is 2. The highest BCUT2D eigenvalue weighted by Crippen LogP contribution is 2.35. The molecule has 2 aromatic carbocycles. The van der Waals surface area contributed by atoms with Crippen molar-refractivity contribution in [1.29, 1.82) is 0 Å². The fraction of sp³-hybridized carbons (Fsp3) is 0.240. The monoisotopic (exact) mass is 510 g/mol. The van der Waals surface area contributed by atoms with E-state index in [4.69, 9.17) is 9.72 Å². The quantitative estimate of drug-likeness (QED) is 0.327. The predicted molar refractivity (Wildman–Crippen MR) is 137 cm³/mol. The van der Waals surface area contributed by atoms with Crippen LogP contribution in [0.25, 0.3) is 10.2 Å². The molecule has 8 nitrogen and oxygen atoms in total. The number of hydrogen-bond acceptors (Lipinski definition) is 7. The third kappa shape index (κ3) is 5.04. The Labute approximate surface area is 208 Å². The molecule has 35 heavy (non-hydrogen) atoms. The molecule has 2 aromatic heterocycles. The lowest BCUT2D eigenvalue weighted by Crippen LogP contribution is -2.31. The van der Waals surface area contributed by atoms with Crippen LogP contribution in [0.1, 0.15) is 29.8 Å². The summed E-state index contributed by atoms with van der Waals surface area (Å²) < 4.78 is 33.4. The van der Waals surface area contributed by atoms with Crippen molar-refractivity contribution in [1.82, 2.24) is 14.3 Å². The molecule has 10 heteroatoms. The summed E-state index contributed by atoms with van der Waals surface area (Å²) in [6, 6.07) is 15.4. The summed E-state index contributed by atoms with van der Waals surface area (Å²) in [5, 5.41) is 0.512. The summed E-state index contributed by atoms with van der Waals surface area (Å²) in [5.41, 5.74) is 1.88. The molecular weight excluding hydrogens is 484 g/mol. The van der Waals surface area contributed by atoms with Crippen LogP contribution in [0.2, 0.25) is 0 Å². The normalized spacial score (nSPS) is 11.7. The van der Waals surface area contributed by atoms with Crippen LogP contribution in [0.3, 0.4) is 0 Å². The molecule has 0 aliphatic carbocycles. The number of methoxy groups -OCH3 is 1. The second kappa shape index (κ2) is 10.5. The van der Waals surface area contributed by atoms with Gasteiger partial charge in [0.2, 0.25) is 10.0 Å². The van der Waals surface area contributed by atoms with Gasteiger partial charge in [0.1, 0.15) is 11.3 Å². The summed E-state index contributed by atoms with van der Waals surface area (Å²) in [6.45, 7) is 4.60. The second-order valence-electron chi connectivity index (χ2n) is 7.67. The summed E-state index contributed by atoms with van der Waals surface area (Å²) in [7, 11) is -2.03. The van der Waals surface area contributed by atoms with Crippen molar-refractivity contribution in [3.63, 3.8) is 0 Å². The van der Waals surface area contributed by atoms with E-state index >= 15 is 0 Å². The minimum Gasteiger partial charge on any atom is -0.494 e. The van der Waals surface area contributed by atoms with Gasteiger partial charge in [-0.2, -0.15) is 4.31 Å². The lowest BCUT2D eigenvalue weighted by Gasteiger charge is -2.21. The number of rotatable bonds is 9. The molecule has 0 fully saturated rings. The van der Waals surface area contributed by atoms with E-state index in [1.54, 1.807) is 50.4 Å². The number of carbonyl (C=O) groups is 1. The van der Waals surface area contributed by atoms with E-state index in [0.29, 0.717) is 35.1 Å². The number of nitrogens with zero attached hydrogens (tertiary/aromatic N) is 4. The van der Waals surface area contributed by atoms with Gasteiger partial charge in [0.05, 0.1) is 23.2 Å². The van der Waals surface area contributed by atoms with Gasteiger partial charge in [-0.1, -0.05) is 37.3 Å². The van der Waals surface area contributed by atoms with Crippen LogP contribution in [0.15, 0.2) is 71.9 Å². The van der Waals surface area contributed by atoms with Gasteiger partial charge >= 0.3 is 0 Å². The molecule has 0 radical (unpaired) electrons. The van der Waals surface area contributed by atoms with Gasteiger partial charge in [-0.15, -0.1) is 0 Å². The molecule has 182 valence electrons. The maximum absolute atomic E-state index is 13.7. The summed E-state index contributed by atoms with van der Waals surface area (Å²) >= 11 is 1.39. The minimum absolute atomic E-state index is 0.154. The Morgan fingerprint density at radius 2 is 1.77 bits per heavy atom. The first-order chi connectivity index (χ1) is 16.9. The number of para-hydroxylation sites is 1. The number of carbonyl (C=O) groups excluding carboxylic acids is 1. The molecule has 4 rings (SSSR count). The first-order valence-corrected chi connectivity index (χ1v) is 13.4. The lowest BCUT2D eigenvalue weighted by atomic mass is 10.2. The van der Waals surface area contributed by atoms with E-state index in [9.17, 15) is 13.2 Å². The van der Waals surface area contributed by atoms with Crippen molar-refractivity contribution in [2.45, 2.75) is 25.3 Å². The smallest absolute Gasteiger partial charge is 0.260 e. The summed E-state index contributed by atoms with van der Waals surface area (Å²) in [4.78, 5) is 24.3. The number of ether oxygens (including phenoxy) is 1. The first-order valence-electron chi connectivity index (χ1n) is 11.1. The van der Waals surface area contributed by atoms with Crippen molar-refractivity contribution in [2.24, 2.45) is 0 Å². The molecule has 1 amide bonds. The van der Waals surface area contributed by atoms with Crippen LogP contribution in [0.4, 0.5) is 5.13 Å². The third-order valence-corrected chi connectivity index (χ3v) is 8.68. The number of fused-ring (bicyclic) bond motifs is 1. The Hall–Kier alpha value is -3.34. The minimum atomic E-state index is -3.61. The summed E-state index contributed by atoms with van der Waals surface area (Å²) in [6.07, 6.45) is 3.38. The van der Waals surface area contributed by atoms with Gasteiger partial charge in [-0.3, -0.25) is 14.7 Å². The standard InChI is InChI=1S/C25H26N4O4S2/c1-4-28(5-2)35(31,32)20-13-11-19(12-14-20)24(30)29(17-18-8-7-15-26-16-18)25-27-23-21(33-3)9-6-10-22(23)34-25/h6-16H,4-5,17H2,1-3H3. The van der Waals surface area contributed by atoms with Crippen LogP contribution < -0.4 is 9.64 Å². The first kappa shape index (κ1) is 24.8. The third-order valence-electron chi connectivity index (χ3n) is 5.57. The highest BCUT2D eigenvalue weighted by molar-refractivity contribution is 7.89. The van der Waals surface area contributed by atoms with Gasteiger partial charge in [0.15, 0.2) is 5.13 Å². The number of anilines is 1. The van der Waals surface area contributed by atoms with E-state index in [1.165, 1.54) is 27.8 Å². The van der Waals surface area contributed by atoms with E-state index in [-0.39, 0.29) is 17.3 Å². The number of sulfonamides is 1. The van der Waals surface area contributed by atoms with Crippen LogP contribution in [-0.2, 0) is 16.6 Å². The zero-order chi connectivity index (χ0) is 25.0. The fourth-order valence-electron chi connectivity index (χ4n) is 3.73. The largest absolute Gasteiger partial charge is 0.494 e. The Bertz CT molecular complexity index is 1420. The predicted octanol–water partition coefficient (Wildman–Crippen LogP) is 4.58. The van der Waals surface area contributed by atoms with Gasteiger partial charge in [0, 0.05) is 31.0 Å². The molecular formula is C25H26N4O4S2. The van der Waals surface area contributed by atoms with Gasteiger partial charge in [-0.05, 0) is 48.0 Å². The number of hydrogen-bond donors (Lipinski definition) is 0. The lowest BCUT2D eigenvalue weighted by molar-refractivity contribution is 0.0985. The number of pyridine rings is 1. The fourth-order valence-corrected chi connectivity index (χ4v) is 6.17. The summed E-state index contributed by atoms with van der Waals surface area (Å²) in [5.74, 6) is 0.336. The average molecular weight is 511 g/mol. The van der Waals surface area contributed by atoms with Crippen LogP contribution in [-0.4, -0.2) is 48.8 Å². The molecule has 0 saturated carbocycles. The Balaban J connectivity index is 1.72. The van der Waals surface area contributed by atoms with Crippen molar-refractivity contribution < 1.29 is 17.9 Å². The molecule has 0 spiro atoms. The molecule has 0 saturated heterocycles. The second-order valence-corrected chi connectivity index (χ2v) is 10.6. The molecule has 2 heterocycles. The SMILES string of the molecule is CCN(CC)S(=O)(=O)c1ccc(C(=O)N(Cc2cccnc2)c2nc3c(OC)cccc3s2)cc1. The molecule has 0 aliphatic rings. The van der Waals surface area contributed by atoms with Crippen molar-refractivity contribution >= 4 is 42.6 Å². The van der Waals surface area contributed by atoms with Crippen molar-refractivity contribution in [3.8, 4) is 5.75 Å². The van der Waals surface area contributed by atoms with Gasteiger partial charge < -0.3 is 4.74 Å². The average Bonchev–Trinajstić information content (AvgIpc) is 3.32. The Morgan fingerprint density at radius 3 is 2.40 bits per heavy atom. The van der Waals surface area contributed by atoms with Gasteiger partial charge in [0.25, 0.3) is 5.91 Å². The van der Waals surface area contributed by atoms with Crippen molar-refractivity contribution in [2.75, 3.05) is 25.1 Å². The van der Waals surface area contributed by atoms with E-state index in [1.807, 2.05) is 30.3 Å². The zero-order valence-electron chi connectivity index (χ0n) is 19.7. The van der Waals surface area contributed by atoms with Crippen LogP contribution >= 0.6 is 11.3 Å². The van der Waals surface area contributed by atoms with Crippen LogP contribution in [0.5, 0.6) is 5.75 Å². The van der Waals surface area contributed by atoms with Crippen molar-refractivity contribution in [3.05, 3.63) is 78.1 Å². The molecule has 0 N–H and O–H groups in total. The van der Waals surface area contributed by atoms with E-state index in [2.05, 4.69) is 4.98 Å². The number of amides is 1. The topological polar surface area (TPSA) is 92.7 Å². The highest BCUT2D eigenvalue weighted by atomic mass is 32.2. The maximum Gasteiger partial charge on any atom is 0.260 e. The molecule has 0 atom stereocenters. The number of aromatic nitrogens is 2. The van der Waals surface area contributed by atoms with Gasteiger partial charge in [-0.25, -0.2) is 13.4 Å². The molecule has 0 unspecified atom stereocenters. The molecule has 0 aliphatic heterocycles. The Morgan fingerprint density at radius 1 is 1.03 bits per heavy atom. The zero-order valence-corrected chi connectivity index (χ0v) is 21.3. The van der Waals surface area contributed by atoms with E-state index in [0.717, 1.165) is 10.3 Å².